The van der Waals surface area contributed by atoms with Gasteiger partial charge in [0, 0.05) is 33.1 Å². The SMILES string of the molecule is CN(C)C(=O)C1CCN(C(=O)c2ccccc2Oc2ccccc2)CC1. The van der Waals surface area contributed by atoms with E-state index in [9.17, 15) is 9.59 Å². The molecule has 136 valence electrons. The molecule has 3 rings (SSSR count). The highest BCUT2D eigenvalue weighted by molar-refractivity contribution is 5.97. The minimum atomic E-state index is -0.0488. The summed E-state index contributed by atoms with van der Waals surface area (Å²) in [6.07, 6.45) is 1.40. The number of carbonyl (C=O) groups excluding carboxylic acids is 2. The van der Waals surface area contributed by atoms with E-state index in [4.69, 9.17) is 4.74 Å². The molecule has 0 unspecified atom stereocenters. The van der Waals surface area contributed by atoms with Crippen molar-refractivity contribution >= 4 is 11.8 Å². The van der Waals surface area contributed by atoms with E-state index in [2.05, 4.69) is 0 Å². The Balaban J connectivity index is 1.70. The molecule has 0 N–H and O–H groups in total. The molecule has 5 nitrogen and oxygen atoms in total. The van der Waals surface area contributed by atoms with Gasteiger partial charge in [0.05, 0.1) is 5.56 Å². The lowest BCUT2D eigenvalue weighted by atomic mass is 9.95. The van der Waals surface area contributed by atoms with Crippen LogP contribution in [0.25, 0.3) is 0 Å². The summed E-state index contributed by atoms with van der Waals surface area (Å²) in [7, 11) is 3.55. The second-order valence-corrected chi connectivity index (χ2v) is 6.71. The van der Waals surface area contributed by atoms with Crippen LogP contribution in [-0.4, -0.2) is 48.8 Å². The third-order valence-electron chi connectivity index (χ3n) is 4.66. The van der Waals surface area contributed by atoms with Gasteiger partial charge in [0.2, 0.25) is 5.91 Å². The highest BCUT2D eigenvalue weighted by Crippen LogP contribution is 2.28. The highest BCUT2D eigenvalue weighted by atomic mass is 16.5. The Kier molecular flexibility index (Phi) is 5.56. The van der Waals surface area contributed by atoms with Gasteiger partial charge in [-0.25, -0.2) is 0 Å². The molecule has 1 saturated heterocycles. The molecule has 2 aromatic rings. The quantitative estimate of drug-likeness (QED) is 0.847. The average molecular weight is 352 g/mol. The lowest BCUT2D eigenvalue weighted by Gasteiger charge is -2.32. The zero-order valence-corrected chi connectivity index (χ0v) is 15.2. The largest absolute Gasteiger partial charge is 0.457 e. The van der Waals surface area contributed by atoms with Gasteiger partial charge in [0.15, 0.2) is 0 Å². The Morgan fingerprint density at radius 2 is 1.58 bits per heavy atom. The third kappa shape index (κ3) is 4.04. The van der Waals surface area contributed by atoms with Gasteiger partial charge in [0.25, 0.3) is 5.91 Å². The van der Waals surface area contributed by atoms with Crippen LogP contribution in [0.15, 0.2) is 54.6 Å². The van der Waals surface area contributed by atoms with Crippen LogP contribution in [0.2, 0.25) is 0 Å². The summed E-state index contributed by atoms with van der Waals surface area (Å²) in [5.74, 6) is 1.35. The molecule has 1 heterocycles. The molecule has 2 amide bonds. The van der Waals surface area contributed by atoms with Gasteiger partial charge in [0.1, 0.15) is 11.5 Å². The Morgan fingerprint density at radius 1 is 0.962 bits per heavy atom. The van der Waals surface area contributed by atoms with Crippen molar-refractivity contribution in [3.8, 4) is 11.5 Å². The number of likely N-dealkylation sites (tertiary alicyclic amines) is 1. The fourth-order valence-corrected chi connectivity index (χ4v) is 3.21. The molecule has 1 aliphatic heterocycles. The molecule has 26 heavy (non-hydrogen) atoms. The van der Waals surface area contributed by atoms with E-state index in [1.807, 2.05) is 53.4 Å². The van der Waals surface area contributed by atoms with E-state index in [0.29, 0.717) is 43.0 Å². The van der Waals surface area contributed by atoms with Crippen LogP contribution >= 0.6 is 0 Å². The first-order valence-corrected chi connectivity index (χ1v) is 8.88. The molecule has 0 spiro atoms. The Labute approximate surface area is 154 Å². The second kappa shape index (κ2) is 8.04. The topological polar surface area (TPSA) is 49.9 Å². The average Bonchev–Trinajstić information content (AvgIpc) is 2.68. The van der Waals surface area contributed by atoms with Crippen molar-refractivity contribution in [1.29, 1.82) is 0 Å². The molecule has 0 saturated carbocycles. The van der Waals surface area contributed by atoms with Crippen LogP contribution in [0.3, 0.4) is 0 Å². The molecular weight excluding hydrogens is 328 g/mol. The van der Waals surface area contributed by atoms with Crippen molar-refractivity contribution in [3.63, 3.8) is 0 Å². The number of nitrogens with zero attached hydrogens (tertiary/aromatic N) is 2. The number of benzene rings is 2. The highest BCUT2D eigenvalue weighted by Gasteiger charge is 2.29. The van der Waals surface area contributed by atoms with Gasteiger partial charge in [-0.05, 0) is 37.1 Å². The fourth-order valence-electron chi connectivity index (χ4n) is 3.21. The molecule has 0 bridgehead atoms. The lowest BCUT2D eigenvalue weighted by Crippen LogP contribution is -2.42. The number of ether oxygens (including phenoxy) is 1. The van der Waals surface area contributed by atoms with Crippen molar-refractivity contribution in [2.24, 2.45) is 5.92 Å². The summed E-state index contributed by atoms with van der Waals surface area (Å²) in [5.41, 5.74) is 0.550. The van der Waals surface area contributed by atoms with Crippen molar-refractivity contribution in [1.82, 2.24) is 9.80 Å². The normalized spacial score (nSPS) is 14.8. The zero-order valence-electron chi connectivity index (χ0n) is 15.2. The first-order valence-electron chi connectivity index (χ1n) is 8.88. The molecule has 5 heteroatoms. The van der Waals surface area contributed by atoms with Crippen LogP contribution < -0.4 is 4.74 Å². The van der Waals surface area contributed by atoms with E-state index in [0.717, 1.165) is 0 Å². The van der Waals surface area contributed by atoms with Crippen molar-refractivity contribution in [2.75, 3.05) is 27.2 Å². The van der Waals surface area contributed by atoms with E-state index < -0.39 is 0 Å². The van der Waals surface area contributed by atoms with E-state index in [-0.39, 0.29) is 17.7 Å². The molecule has 0 atom stereocenters. The third-order valence-corrected chi connectivity index (χ3v) is 4.66. The van der Waals surface area contributed by atoms with Gasteiger partial charge in [-0.1, -0.05) is 30.3 Å². The summed E-state index contributed by atoms with van der Waals surface area (Å²) in [5, 5.41) is 0. The molecule has 1 aliphatic rings. The maximum Gasteiger partial charge on any atom is 0.257 e. The van der Waals surface area contributed by atoms with Crippen molar-refractivity contribution in [2.45, 2.75) is 12.8 Å². The van der Waals surface area contributed by atoms with Crippen LogP contribution in [0.4, 0.5) is 0 Å². The Morgan fingerprint density at radius 3 is 2.23 bits per heavy atom. The first-order chi connectivity index (χ1) is 12.6. The second-order valence-electron chi connectivity index (χ2n) is 6.71. The summed E-state index contributed by atoms with van der Waals surface area (Å²) in [6, 6.07) is 16.7. The number of rotatable bonds is 4. The first kappa shape index (κ1) is 18.0. The van der Waals surface area contributed by atoms with Gasteiger partial charge < -0.3 is 14.5 Å². The molecule has 1 fully saturated rings. The predicted octanol–water partition coefficient (Wildman–Crippen LogP) is 3.42. The van der Waals surface area contributed by atoms with E-state index >= 15 is 0 Å². The molecule has 0 radical (unpaired) electrons. The summed E-state index contributed by atoms with van der Waals surface area (Å²) in [6.45, 7) is 1.17. The van der Waals surface area contributed by atoms with Gasteiger partial charge >= 0.3 is 0 Å². The van der Waals surface area contributed by atoms with Gasteiger partial charge in [-0.3, -0.25) is 9.59 Å². The van der Waals surface area contributed by atoms with Crippen LogP contribution in [-0.2, 0) is 4.79 Å². The van der Waals surface area contributed by atoms with Crippen molar-refractivity contribution < 1.29 is 14.3 Å². The van der Waals surface area contributed by atoms with Gasteiger partial charge in [-0.15, -0.1) is 0 Å². The number of para-hydroxylation sites is 2. The molecule has 0 aliphatic carbocycles. The maximum absolute atomic E-state index is 13.0. The predicted molar refractivity (Wildman–Crippen MR) is 100 cm³/mol. The number of hydrogen-bond donors (Lipinski definition) is 0. The minimum Gasteiger partial charge on any atom is -0.457 e. The summed E-state index contributed by atoms with van der Waals surface area (Å²) < 4.78 is 5.90. The maximum atomic E-state index is 13.0. The van der Waals surface area contributed by atoms with E-state index in [1.165, 1.54) is 0 Å². The van der Waals surface area contributed by atoms with Crippen LogP contribution in [0, 0.1) is 5.92 Å². The van der Waals surface area contributed by atoms with E-state index in [1.54, 1.807) is 25.1 Å². The standard InChI is InChI=1S/C21H24N2O3/c1-22(2)20(24)16-12-14-23(15-13-16)21(25)18-10-6-7-11-19(18)26-17-8-4-3-5-9-17/h3-11,16H,12-15H2,1-2H3. The number of piperidine rings is 1. The fraction of sp³-hybridized carbons (Fsp3) is 0.333. The summed E-state index contributed by atoms with van der Waals surface area (Å²) >= 11 is 0. The van der Waals surface area contributed by atoms with Crippen molar-refractivity contribution in [3.05, 3.63) is 60.2 Å². The number of carbonyl (C=O) groups is 2. The smallest absolute Gasteiger partial charge is 0.257 e. The lowest BCUT2D eigenvalue weighted by molar-refractivity contribution is -0.134. The molecular formula is C21H24N2O3. The Hall–Kier alpha value is -2.82. The Bertz CT molecular complexity index is 766. The van der Waals surface area contributed by atoms with Crippen LogP contribution in [0.1, 0.15) is 23.2 Å². The monoisotopic (exact) mass is 352 g/mol. The zero-order chi connectivity index (χ0) is 18.5. The van der Waals surface area contributed by atoms with Crippen LogP contribution in [0.5, 0.6) is 11.5 Å². The molecule has 2 aromatic carbocycles. The minimum absolute atomic E-state index is 0.00450. The summed E-state index contributed by atoms with van der Waals surface area (Å²) in [4.78, 5) is 28.5. The molecule has 0 aromatic heterocycles. The number of amides is 2. The van der Waals surface area contributed by atoms with Gasteiger partial charge in [-0.2, -0.15) is 0 Å². The number of hydrogen-bond acceptors (Lipinski definition) is 3.